The lowest BCUT2D eigenvalue weighted by atomic mass is 9.83. The molecule has 0 unspecified atom stereocenters. The molecule has 1 aliphatic carbocycles. The molecule has 1 fully saturated rings. The minimum atomic E-state index is -0.448. The first-order chi connectivity index (χ1) is 8.50. The van der Waals surface area contributed by atoms with Crippen molar-refractivity contribution in [3.63, 3.8) is 0 Å². The highest BCUT2D eigenvalue weighted by Crippen LogP contribution is 2.25. The van der Waals surface area contributed by atoms with Gasteiger partial charge in [-0.3, -0.25) is 4.79 Å². The Kier molecular flexibility index (Phi) is 3.74. The van der Waals surface area contributed by atoms with Crippen LogP contribution in [0.25, 0.3) is 0 Å². The highest BCUT2D eigenvalue weighted by molar-refractivity contribution is 5.87. The van der Waals surface area contributed by atoms with Gasteiger partial charge in [-0.1, -0.05) is 42.7 Å². The number of benzene rings is 1. The highest BCUT2D eigenvalue weighted by atomic mass is 16.2. The zero-order valence-electron chi connectivity index (χ0n) is 11.6. The molecule has 0 spiro atoms. The van der Waals surface area contributed by atoms with Gasteiger partial charge in [0.2, 0.25) is 5.91 Å². The molecule has 2 heteroatoms. The second kappa shape index (κ2) is 5.13. The van der Waals surface area contributed by atoms with Crippen LogP contribution in [0, 0.1) is 6.92 Å². The maximum Gasteiger partial charge on any atom is 0.230 e. The molecule has 0 atom stereocenters. The normalized spacial score (nSPS) is 16.8. The van der Waals surface area contributed by atoms with E-state index in [1.165, 1.54) is 18.4 Å². The standard InChI is InChI=1S/C16H23NO/c1-12-8-10-13(11-9-12)16(2,3)15(18)17-14-6-4-5-7-14/h8-11,14H,4-7H2,1-3H3,(H,17,18). The summed E-state index contributed by atoms with van der Waals surface area (Å²) in [5.74, 6) is 0.151. The molecule has 98 valence electrons. The number of nitrogens with one attached hydrogen (secondary N) is 1. The maximum absolute atomic E-state index is 12.4. The lowest BCUT2D eigenvalue weighted by molar-refractivity contribution is -0.126. The topological polar surface area (TPSA) is 29.1 Å². The number of aryl methyl sites for hydroxylation is 1. The Labute approximate surface area is 110 Å². The molecule has 0 radical (unpaired) electrons. The van der Waals surface area contributed by atoms with Crippen LogP contribution in [-0.2, 0) is 10.2 Å². The largest absolute Gasteiger partial charge is 0.353 e. The van der Waals surface area contributed by atoms with Crippen molar-refractivity contribution < 1.29 is 4.79 Å². The maximum atomic E-state index is 12.4. The van der Waals surface area contributed by atoms with Gasteiger partial charge >= 0.3 is 0 Å². The van der Waals surface area contributed by atoms with Crippen molar-refractivity contribution >= 4 is 5.91 Å². The van der Waals surface area contributed by atoms with Crippen molar-refractivity contribution in [2.24, 2.45) is 0 Å². The van der Waals surface area contributed by atoms with E-state index in [1.54, 1.807) is 0 Å². The molecule has 1 aliphatic rings. The molecule has 0 aromatic heterocycles. The van der Waals surface area contributed by atoms with Crippen LogP contribution in [0.4, 0.5) is 0 Å². The van der Waals surface area contributed by atoms with Gasteiger partial charge in [0.05, 0.1) is 5.41 Å². The third-order valence-corrected chi connectivity index (χ3v) is 4.03. The monoisotopic (exact) mass is 245 g/mol. The summed E-state index contributed by atoms with van der Waals surface area (Å²) in [6.45, 7) is 6.07. The van der Waals surface area contributed by atoms with Crippen molar-refractivity contribution in [3.8, 4) is 0 Å². The molecular formula is C16H23NO. The molecule has 18 heavy (non-hydrogen) atoms. The average Bonchev–Trinajstić information content (AvgIpc) is 2.82. The van der Waals surface area contributed by atoms with Crippen molar-refractivity contribution in [3.05, 3.63) is 35.4 Å². The molecule has 1 aromatic carbocycles. The average molecular weight is 245 g/mol. The molecule has 0 bridgehead atoms. The van der Waals surface area contributed by atoms with E-state index < -0.39 is 5.41 Å². The van der Waals surface area contributed by atoms with Gasteiger partial charge in [0.15, 0.2) is 0 Å². The van der Waals surface area contributed by atoms with E-state index in [-0.39, 0.29) is 5.91 Å². The smallest absolute Gasteiger partial charge is 0.230 e. The van der Waals surface area contributed by atoms with Crippen LogP contribution in [0.15, 0.2) is 24.3 Å². The van der Waals surface area contributed by atoms with Crippen molar-refractivity contribution in [1.82, 2.24) is 5.32 Å². The van der Waals surface area contributed by atoms with Crippen LogP contribution in [-0.4, -0.2) is 11.9 Å². The summed E-state index contributed by atoms with van der Waals surface area (Å²) in [5.41, 5.74) is 1.87. The zero-order chi connectivity index (χ0) is 13.2. The van der Waals surface area contributed by atoms with Gasteiger partial charge in [-0.15, -0.1) is 0 Å². The predicted octanol–water partition coefficient (Wildman–Crippen LogP) is 3.33. The van der Waals surface area contributed by atoms with E-state index in [0.717, 1.165) is 18.4 Å². The second-order valence-electron chi connectivity index (χ2n) is 5.95. The first-order valence-corrected chi connectivity index (χ1v) is 6.88. The van der Waals surface area contributed by atoms with E-state index in [9.17, 15) is 4.79 Å². The lowest BCUT2D eigenvalue weighted by Crippen LogP contribution is -2.44. The number of hydrogen-bond acceptors (Lipinski definition) is 1. The summed E-state index contributed by atoms with van der Waals surface area (Å²) >= 11 is 0. The van der Waals surface area contributed by atoms with E-state index in [0.29, 0.717) is 6.04 Å². The minimum absolute atomic E-state index is 0.151. The summed E-state index contributed by atoms with van der Waals surface area (Å²) in [6.07, 6.45) is 4.76. The highest BCUT2D eigenvalue weighted by Gasteiger charge is 2.31. The van der Waals surface area contributed by atoms with Gasteiger partial charge in [0, 0.05) is 6.04 Å². The van der Waals surface area contributed by atoms with Crippen LogP contribution in [0.3, 0.4) is 0 Å². The molecule has 0 heterocycles. The number of carbonyl (C=O) groups is 1. The summed E-state index contributed by atoms with van der Waals surface area (Å²) in [5, 5.41) is 3.19. The molecule has 2 nitrogen and oxygen atoms in total. The molecule has 0 aliphatic heterocycles. The van der Waals surface area contributed by atoms with E-state index in [4.69, 9.17) is 0 Å². The molecular weight excluding hydrogens is 222 g/mol. The Bertz CT molecular complexity index is 413. The summed E-state index contributed by atoms with van der Waals surface area (Å²) < 4.78 is 0. The van der Waals surface area contributed by atoms with Gasteiger partial charge in [-0.2, -0.15) is 0 Å². The number of rotatable bonds is 3. The molecule has 2 rings (SSSR count). The molecule has 1 saturated carbocycles. The SMILES string of the molecule is Cc1ccc(C(C)(C)C(=O)NC2CCCC2)cc1. The third-order valence-electron chi connectivity index (χ3n) is 4.03. The van der Waals surface area contributed by atoms with Gasteiger partial charge in [-0.25, -0.2) is 0 Å². The summed E-state index contributed by atoms with van der Waals surface area (Å²) in [4.78, 5) is 12.4. The second-order valence-corrected chi connectivity index (χ2v) is 5.95. The van der Waals surface area contributed by atoms with Crippen LogP contribution < -0.4 is 5.32 Å². The van der Waals surface area contributed by atoms with Crippen molar-refractivity contribution in [2.45, 2.75) is 57.9 Å². The van der Waals surface area contributed by atoms with Crippen molar-refractivity contribution in [1.29, 1.82) is 0 Å². The Balaban J connectivity index is 2.08. The predicted molar refractivity (Wildman–Crippen MR) is 74.6 cm³/mol. The van der Waals surface area contributed by atoms with E-state index >= 15 is 0 Å². The van der Waals surface area contributed by atoms with E-state index in [2.05, 4.69) is 36.5 Å². The Morgan fingerprint density at radius 1 is 1.17 bits per heavy atom. The summed E-state index contributed by atoms with van der Waals surface area (Å²) in [6, 6.07) is 8.65. The Morgan fingerprint density at radius 3 is 2.28 bits per heavy atom. The molecule has 1 aromatic rings. The number of hydrogen-bond donors (Lipinski definition) is 1. The molecule has 1 amide bonds. The van der Waals surface area contributed by atoms with Crippen LogP contribution in [0.2, 0.25) is 0 Å². The number of amides is 1. The van der Waals surface area contributed by atoms with E-state index in [1.807, 2.05) is 13.8 Å². The van der Waals surface area contributed by atoms with Gasteiger partial charge in [-0.05, 0) is 39.2 Å². The molecule has 1 N–H and O–H groups in total. The fourth-order valence-corrected chi connectivity index (χ4v) is 2.54. The third kappa shape index (κ3) is 2.74. The quantitative estimate of drug-likeness (QED) is 0.869. The van der Waals surface area contributed by atoms with Crippen LogP contribution in [0.5, 0.6) is 0 Å². The van der Waals surface area contributed by atoms with Crippen molar-refractivity contribution in [2.75, 3.05) is 0 Å². The number of carbonyl (C=O) groups excluding carboxylic acids is 1. The van der Waals surface area contributed by atoms with Crippen LogP contribution in [0.1, 0.15) is 50.7 Å². The molecule has 0 saturated heterocycles. The minimum Gasteiger partial charge on any atom is -0.353 e. The fourth-order valence-electron chi connectivity index (χ4n) is 2.54. The van der Waals surface area contributed by atoms with Gasteiger partial charge < -0.3 is 5.32 Å². The fraction of sp³-hybridized carbons (Fsp3) is 0.562. The Hall–Kier alpha value is -1.31. The Morgan fingerprint density at radius 2 is 1.72 bits per heavy atom. The van der Waals surface area contributed by atoms with Gasteiger partial charge in [0.25, 0.3) is 0 Å². The zero-order valence-corrected chi connectivity index (χ0v) is 11.6. The first-order valence-electron chi connectivity index (χ1n) is 6.88. The lowest BCUT2D eigenvalue weighted by Gasteiger charge is -2.26. The summed E-state index contributed by atoms with van der Waals surface area (Å²) in [7, 11) is 0. The van der Waals surface area contributed by atoms with Crippen LogP contribution >= 0.6 is 0 Å². The first kappa shape index (κ1) is 13.1. The van der Waals surface area contributed by atoms with Gasteiger partial charge in [0.1, 0.15) is 0 Å².